The fraction of sp³-hybridized carbons (Fsp3) is 0.556. The maximum absolute atomic E-state index is 4.49. The van der Waals surface area contributed by atoms with E-state index in [-0.39, 0.29) is 5.41 Å². The van der Waals surface area contributed by atoms with Crippen molar-refractivity contribution in [3.05, 3.63) is 42.2 Å². The van der Waals surface area contributed by atoms with Gasteiger partial charge in [0.1, 0.15) is 5.82 Å². The second-order valence-corrected chi connectivity index (χ2v) is 7.38. The lowest BCUT2D eigenvalue weighted by atomic mass is 9.96. The highest BCUT2D eigenvalue weighted by Gasteiger charge is 2.21. The highest BCUT2D eigenvalue weighted by molar-refractivity contribution is 5.29. The van der Waals surface area contributed by atoms with Crippen LogP contribution in [0.2, 0.25) is 0 Å². The first-order chi connectivity index (χ1) is 11.5. The molecule has 1 unspecified atom stereocenters. The second kappa shape index (κ2) is 7.21. The first-order valence-electron chi connectivity index (χ1n) is 8.59. The predicted molar refractivity (Wildman–Crippen MR) is 94.8 cm³/mol. The van der Waals surface area contributed by atoms with E-state index in [9.17, 15) is 0 Å². The Balaban J connectivity index is 1.55. The fourth-order valence-corrected chi connectivity index (χ4v) is 2.88. The van der Waals surface area contributed by atoms with Gasteiger partial charge in [-0.3, -0.25) is 0 Å². The van der Waals surface area contributed by atoms with Crippen LogP contribution in [0.5, 0.6) is 0 Å². The normalized spacial score (nSPS) is 18.6. The second-order valence-electron chi connectivity index (χ2n) is 7.38. The predicted octanol–water partition coefficient (Wildman–Crippen LogP) is 2.32. The molecule has 0 aromatic carbocycles. The third-order valence-electron chi connectivity index (χ3n) is 4.23. The summed E-state index contributed by atoms with van der Waals surface area (Å²) in [7, 11) is 0. The number of nitrogens with one attached hydrogen (secondary N) is 1. The Bertz CT molecular complexity index is 635. The number of hydrogen-bond donors (Lipinski definition) is 1. The van der Waals surface area contributed by atoms with Gasteiger partial charge in [0, 0.05) is 61.4 Å². The summed E-state index contributed by atoms with van der Waals surface area (Å²) in [6.45, 7) is 9.13. The minimum Gasteiger partial charge on any atom is -0.339 e. The van der Waals surface area contributed by atoms with Gasteiger partial charge in [-0.1, -0.05) is 20.8 Å². The fourth-order valence-electron chi connectivity index (χ4n) is 2.88. The molecule has 1 saturated heterocycles. The van der Waals surface area contributed by atoms with E-state index in [1.165, 1.54) is 6.42 Å². The molecule has 1 fully saturated rings. The van der Waals surface area contributed by atoms with Crippen molar-refractivity contribution < 1.29 is 0 Å². The van der Waals surface area contributed by atoms with Gasteiger partial charge in [0.25, 0.3) is 0 Å². The standard InChI is InChI=1S/C18H26N6/c1-18(2,3)16-22-11-14(12-23-16)10-21-15-6-4-9-24(13-15)17-19-7-5-8-20-17/h5,7-8,11-12,15,21H,4,6,9-10,13H2,1-3H3. The average molecular weight is 326 g/mol. The SMILES string of the molecule is CC(C)(C)c1ncc(CNC2CCCN(c3ncccn3)C2)cn1. The molecule has 6 heteroatoms. The van der Waals surface area contributed by atoms with Gasteiger partial charge in [0.05, 0.1) is 0 Å². The number of piperidine rings is 1. The van der Waals surface area contributed by atoms with Crippen LogP contribution in [0.25, 0.3) is 0 Å². The lowest BCUT2D eigenvalue weighted by Gasteiger charge is -2.33. The van der Waals surface area contributed by atoms with Crippen molar-refractivity contribution in [2.45, 2.75) is 51.6 Å². The zero-order chi connectivity index (χ0) is 17.0. The summed E-state index contributed by atoms with van der Waals surface area (Å²) < 4.78 is 0. The minimum atomic E-state index is -0.00842. The van der Waals surface area contributed by atoms with Gasteiger partial charge in [-0.2, -0.15) is 0 Å². The zero-order valence-corrected chi connectivity index (χ0v) is 14.7. The Labute approximate surface area is 143 Å². The summed E-state index contributed by atoms with van der Waals surface area (Å²) in [5.41, 5.74) is 1.11. The first-order valence-corrected chi connectivity index (χ1v) is 8.59. The van der Waals surface area contributed by atoms with Gasteiger partial charge in [0.15, 0.2) is 0 Å². The average Bonchev–Trinajstić information content (AvgIpc) is 2.61. The quantitative estimate of drug-likeness (QED) is 0.930. The van der Waals surface area contributed by atoms with Crippen molar-refractivity contribution in [3.8, 4) is 0 Å². The molecule has 6 nitrogen and oxygen atoms in total. The van der Waals surface area contributed by atoms with Crippen LogP contribution >= 0.6 is 0 Å². The molecule has 2 aromatic rings. The molecule has 0 radical (unpaired) electrons. The lowest BCUT2D eigenvalue weighted by molar-refractivity contribution is 0.417. The van der Waals surface area contributed by atoms with E-state index >= 15 is 0 Å². The van der Waals surface area contributed by atoms with E-state index in [0.29, 0.717) is 6.04 Å². The first kappa shape index (κ1) is 16.8. The van der Waals surface area contributed by atoms with E-state index in [1.807, 2.05) is 18.5 Å². The minimum absolute atomic E-state index is 0.00842. The Kier molecular flexibility index (Phi) is 5.04. The molecule has 0 bridgehead atoms. The van der Waals surface area contributed by atoms with Crippen molar-refractivity contribution in [2.24, 2.45) is 0 Å². The molecule has 0 saturated carbocycles. The monoisotopic (exact) mass is 326 g/mol. The summed E-state index contributed by atoms with van der Waals surface area (Å²) in [6, 6.07) is 2.29. The molecule has 0 amide bonds. The van der Waals surface area contributed by atoms with Crippen LogP contribution in [-0.2, 0) is 12.0 Å². The van der Waals surface area contributed by atoms with Crippen LogP contribution in [0, 0.1) is 0 Å². The third-order valence-corrected chi connectivity index (χ3v) is 4.23. The Hall–Kier alpha value is -2.08. The highest BCUT2D eigenvalue weighted by atomic mass is 15.3. The van der Waals surface area contributed by atoms with Gasteiger partial charge >= 0.3 is 0 Å². The Morgan fingerprint density at radius 3 is 2.50 bits per heavy atom. The molecule has 24 heavy (non-hydrogen) atoms. The number of nitrogens with zero attached hydrogens (tertiary/aromatic N) is 5. The van der Waals surface area contributed by atoms with E-state index < -0.39 is 0 Å². The van der Waals surface area contributed by atoms with E-state index in [1.54, 1.807) is 12.4 Å². The van der Waals surface area contributed by atoms with Gasteiger partial charge in [-0.15, -0.1) is 0 Å². The molecular formula is C18H26N6. The molecule has 3 rings (SSSR count). The molecule has 0 spiro atoms. The van der Waals surface area contributed by atoms with Crippen LogP contribution in [-0.4, -0.2) is 39.1 Å². The third kappa shape index (κ3) is 4.26. The van der Waals surface area contributed by atoms with E-state index in [2.05, 4.69) is 50.9 Å². The van der Waals surface area contributed by atoms with Crippen molar-refractivity contribution in [1.82, 2.24) is 25.3 Å². The van der Waals surface area contributed by atoms with E-state index in [4.69, 9.17) is 0 Å². The number of rotatable bonds is 4. The molecule has 2 aromatic heterocycles. The molecule has 1 atom stereocenters. The van der Waals surface area contributed by atoms with Gasteiger partial charge in [-0.25, -0.2) is 19.9 Å². The lowest BCUT2D eigenvalue weighted by Crippen LogP contribution is -2.46. The largest absolute Gasteiger partial charge is 0.339 e. The highest BCUT2D eigenvalue weighted by Crippen LogP contribution is 2.18. The van der Waals surface area contributed by atoms with Crippen LogP contribution in [0.3, 0.4) is 0 Å². The van der Waals surface area contributed by atoms with Crippen LogP contribution < -0.4 is 10.2 Å². The van der Waals surface area contributed by atoms with Crippen molar-refractivity contribution in [2.75, 3.05) is 18.0 Å². The maximum atomic E-state index is 4.49. The van der Waals surface area contributed by atoms with Crippen LogP contribution in [0.1, 0.15) is 45.0 Å². The Morgan fingerprint density at radius 1 is 1.12 bits per heavy atom. The van der Waals surface area contributed by atoms with Gasteiger partial charge in [-0.05, 0) is 18.9 Å². The molecule has 1 aliphatic heterocycles. The molecule has 128 valence electrons. The molecule has 1 aliphatic rings. The molecule has 0 aliphatic carbocycles. The Morgan fingerprint density at radius 2 is 1.83 bits per heavy atom. The molecular weight excluding hydrogens is 300 g/mol. The van der Waals surface area contributed by atoms with Gasteiger partial charge < -0.3 is 10.2 Å². The molecule has 1 N–H and O–H groups in total. The number of aromatic nitrogens is 4. The topological polar surface area (TPSA) is 66.8 Å². The maximum Gasteiger partial charge on any atom is 0.225 e. The van der Waals surface area contributed by atoms with Crippen LogP contribution in [0.4, 0.5) is 5.95 Å². The van der Waals surface area contributed by atoms with Crippen molar-refractivity contribution >= 4 is 5.95 Å². The smallest absolute Gasteiger partial charge is 0.225 e. The zero-order valence-electron chi connectivity index (χ0n) is 14.7. The summed E-state index contributed by atoms with van der Waals surface area (Å²) in [5, 5.41) is 3.62. The van der Waals surface area contributed by atoms with Crippen LogP contribution in [0.15, 0.2) is 30.9 Å². The number of anilines is 1. The van der Waals surface area contributed by atoms with Crippen molar-refractivity contribution in [3.63, 3.8) is 0 Å². The summed E-state index contributed by atoms with van der Waals surface area (Å²) in [5.74, 6) is 1.71. The van der Waals surface area contributed by atoms with Crippen molar-refractivity contribution in [1.29, 1.82) is 0 Å². The summed E-state index contributed by atoms with van der Waals surface area (Å²) in [6.07, 6.45) is 9.78. The number of hydrogen-bond acceptors (Lipinski definition) is 6. The van der Waals surface area contributed by atoms with Gasteiger partial charge in [0.2, 0.25) is 5.95 Å². The molecule has 3 heterocycles. The summed E-state index contributed by atoms with van der Waals surface area (Å²) in [4.78, 5) is 19.9. The summed E-state index contributed by atoms with van der Waals surface area (Å²) >= 11 is 0. The van der Waals surface area contributed by atoms with E-state index in [0.717, 1.165) is 43.4 Å².